The molecule has 0 radical (unpaired) electrons. The molecule has 140 valence electrons. The van der Waals surface area contributed by atoms with Crippen molar-refractivity contribution in [3.8, 4) is 0 Å². The van der Waals surface area contributed by atoms with Crippen LogP contribution in [0, 0.1) is 11.7 Å². The number of amides is 1. The molecule has 1 saturated carbocycles. The standard InChI is InChI=1S/C17H26FN3O3S/c1-17(12-19,13-5-6-13)20-16(22)4-3-11-21(2)25(23,24)15-9-7-14(18)8-10-15/h7-10,13H,3-6,11-12,19H2,1-2H3,(H,20,22). The number of nitrogens with zero attached hydrogens (tertiary/aromatic N) is 1. The van der Waals surface area contributed by atoms with Gasteiger partial charge in [-0.25, -0.2) is 17.1 Å². The van der Waals surface area contributed by atoms with Gasteiger partial charge in [0.05, 0.1) is 10.4 Å². The first-order valence-corrected chi connectivity index (χ1v) is 9.86. The van der Waals surface area contributed by atoms with Crippen molar-refractivity contribution in [2.24, 2.45) is 11.7 Å². The van der Waals surface area contributed by atoms with Crippen molar-refractivity contribution in [3.63, 3.8) is 0 Å². The number of rotatable bonds is 9. The first kappa shape index (κ1) is 19.8. The van der Waals surface area contributed by atoms with E-state index in [1.54, 1.807) is 0 Å². The Kier molecular flexibility index (Phi) is 6.18. The van der Waals surface area contributed by atoms with Crippen LogP contribution in [0.25, 0.3) is 0 Å². The molecule has 1 amide bonds. The highest BCUT2D eigenvalue weighted by Gasteiger charge is 2.41. The van der Waals surface area contributed by atoms with Crippen LogP contribution in [0.15, 0.2) is 29.2 Å². The molecule has 25 heavy (non-hydrogen) atoms. The van der Waals surface area contributed by atoms with Crippen LogP contribution < -0.4 is 11.1 Å². The van der Waals surface area contributed by atoms with Crippen molar-refractivity contribution in [1.82, 2.24) is 9.62 Å². The Labute approximate surface area is 148 Å². The summed E-state index contributed by atoms with van der Waals surface area (Å²) < 4.78 is 38.9. The molecular formula is C17H26FN3O3S. The zero-order chi connectivity index (χ0) is 18.7. The van der Waals surface area contributed by atoms with Crippen LogP contribution in [0.3, 0.4) is 0 Å². The molecule has 0 bridgehead atoms. The number of carbonyl (C=O) groups is 1. The number of hydrogen-bond acceptors (Lipinski definition) is 4. The minimum Gasteiger partial charge on any atom is -0.349 e. The number of nitrogens with one attached hydrogen (secondary N) is 1. The van der Waals surface area contributed by atoms with Crippen molar-refractivity contribution >= 4 is 15.9 Å². The number of benzene rings is 1. The van der Waals surface area contributed by atoms with Crippen molar-refractivity contribution in [2.45, 2.75) is 43.0 Å². The number of nitrogens with two attached hydrogens (primary N) is 1. The lowest BCUT2D eigenvalue weighted by Gasteiger charge is -2.29. The predicted octanol–water partition coefficient (Wildman–Crippen LogP) is 1.47. The molecular weight excluding hydrogens is 345 g/mol. The molecule has 1 fully saturated rings. The second kappa shape index (κ2) is 7.80. The molecule has 1 aromatic carbocycles. The molecule has 6 nitrogen and oxygen atoms in total. The average Bonchev–Trinajstić information content (AvgIpc) is 3.40. The van der Waals surface area contributed by atoms with Crippen molar-refractivity contribution in [3.05, 3.63) is 30.1 Å². The summed E-state index contributed by atoms with van der Waals surface area (Å²) in [4.78, 5) is 12.1. The maximum absolute atomic E-state index is 12.9. The van der Waals surface area contributed by atoms with Crippen LogP contribution in [0.2, 0.25) is 0 Å². The second-order valence-electron chi connectivity index (χ2n) is 6.83. The molecule has 0 saturated heterocycles. The summed E-state index contributed by atoms with van der Waals surface area (Å²) in [6, 6.07) is 4.69. The SMILES string of the molecule is CN(CCCC(=O)NC(C)(CN)C1CC1)S(=O)(=O)c1ccc(F)cc1. The van der Waals surface area contributed by atoms with Gasteiger partial charge in [-0.3, -0.25) is 4.79 Å². The lowest BCUT2D eigenvalue weighted by atomic mass is 9.95. The number of halogens is 1. The molecule has 1 aliphatic rings. The lowest BCUT2D eigenvalue weighted by molar-refractivity contribution is -0.123. The topological polar surface area (TPSA) is 92.5 Å². The summed E-state index contributed by atoms with van der Waals surface area (Å²) >= 11 is 0. The molecule has 0 aliphatic heterocycles. The van der Waals surface area contributed by atoms with Crippen molar-refractivity contribution in [2.75, 3.05) is 20.1 Å². The van der Waals surface area contributed by atoms with Gasteiger partial charge in [-0.15, -0.1) is 0 Å². The molecule has 3 N–H and O–H groups in total. The van der Waals surface area contributed by atoms with Crippen LogP contribution in [0.4, 0.5) is 4.39 Å². The Morgan fingerprint density at radius 1 is 1.36 bits per heavy atom. The van der Waals surface area contributed by atoms with Gasteiger partial charge in [0.15, 0.2) is 0 Å². The van der Waals surface area contributed by atoms with Crippen molar-refractivity contribution < 1.29 is 17.6 Å². The van der Waals surface area contributed by atoms with Crippen LogP contribution in [0.1, 0.15) is 32.6 Å². The Bertz CT molecular complexity index is 704. The van der Waals surface area contributed by atoms with Gasteiger partial charge in [-0.1, -0.05) is 0 Å². The zero-order valence-corrected chi connectivity index (χ0v) is 15.5. The molecule has 1 aliphatic carbocycles. The number of sulfonamides is 1. The van der Waals surface area contributed by atoms with E-state index in [4.69, 9.17) is 5.73 Å². The summed E-state index contributed by atoms with van der Waals surface area (Å²) in [5, 5.41) is 2.98. The number of hydrogen-bond donors (Lipinski definition) is 2. The van der Waals surface area contributed by atoms with Gasteiger partial charge in [0.2, 0.25) is 15.9 Å². The largest absolute Gasteiger partial charge is 0.349 e. The van der Waals surface area contributed by atoms with Gasteiger partial charge in [0.25, 0.3) is 0 Å². The highest BCUT2D eigenvalue weighted by atomic mass is 32.2. The summed E-state index contributed by atoms with van der Waals surface area (Å²) in [7, 11) is -2.23. The minimum absolute atomic E-state index is 0.0327. The predicted molar refractivity (Wildman–Crippen MR) is 93.8 cm³/mol. The monoisotopic (exact) mass is 371 g/mol. The highest BCUT2D eigenvalue weighted by molar-refractivity contribution is 7.89. The zero-order valence-electron chi connectivity index (χ0n) is 14.7. The summed E-state index contributed by atoms with van der Waals surface area (Å²) in [6.45, 7) is 2.55. The first-order valence-electron chi connectivity index (χ1n) is 8.42. The molecule has 1 aromatic rings. The van der Waals surface area contributed by atoms with Crippen LogP contribution in [-0.2, 0) is 14.8 Å². The third-order valence-corrected chi connectivity index (χ3v) is 6.60. The Morgan fingerprint density at radius 2 is 1.96 bits per heavy atom. The fourth-order valence-electron chi connectivity index (χ4n) is 2.79. The van der Waals surface area contributed by atoms with E-state index < -0.39 is 15.8 Å². The van der Waals surface area contributed by atoms with Crippen LogP contribution >= 0.6 is 0 Å². The second-order valence-corrected chi connectivity index (χ2v) is 8.87. The van der Waals surface area contributed by atoms with E-state index in [1.165, 1.54) is 23.5 Å². The fraction of sp³-hybridized carbons (Fsp3) is 0.588. The fourth-order valence-corrected chi connectivity index (χ4v) is 4.00. The van der Waals surface area contributed by atoms with E-state index in [0.717, 1.165) is 25.0 Å². The van der Waals surface area contributed by atoms with Crippen LogP contribution in [0.5, 0.6) is 0 Å². The molecule has 0 heterocycles. The Morgan fingerprint density at radius 3 is 2.48 bits per heavy atom. The molecule has 0 aromatic heterocycles. The smallest absolute Gasteiger partial charge is 0.242 e. The van der Waals surface area contributed by atoms with E-state index >= 15 is 0 Å². The average molecular weight is 371 g/mol. The van der Waals surface area contributed by atoms with E-state index in [1.807, 2.05) is 6.92 Å². The Hall–Kier alpha value is -1.51. The molecule has 1 unspecified atom stereocenters. The Balaban J connectivity index is 1.84. The highest BCUT2D eigenvalue weighted by Crippen LogP contribution is 2.39. The van der Waals surface area contributed by atoms with Gasteiger partial charge in [0, 0.05) is 26.6 Å². The third-order valence-electron chi connectivity index (χ3n) is 4.73. The quantitative estimate of drug-likeness (QED) is 0.687. The van der Waals surface area contributed by atoms with Crippen LogP contribution in [-0.4, -0.2) is 44.3 Å². The maximum Gasteiger partial charge on any atom is 0.242 e. The van der Waals surface area contributed by atoms with Crippen molar-refractivity contribution in [1.29, 1.82) is 0 Å². The van der Waals surface area contributed by atoms with E-state index in [-0.39, 0.29) is 29.3 Å². The molecule has 0 spiro atoms. The third kappa shape index (κ3) is 4.99. The minimum atomic E-state index is -3.68. The first-order chi connectivity index (χ1) is 11.7. The molecule has 2 rings (SSSR count). The summed E-state index contributed by atoms with van der Waals surface area (Å²) in [5.74, 6) is -0.174. The van der Waals surface area contributed by atoms with E-state index in [0.29, 0.717) is 18.9 Å². The van der Waals surface area contributed by atoms with E-state index in [2.05, 4.69) is 5.32 Å². The maximum atomic E-state index is 12.9. The van der Waals surface area contributed by atoms with Gasteiger partial charge in [0.1, 0.15) is 5.82 Å². The van der Waals surface area contributed by atoms with E-state index in [9.17, 15) is 17.6 Å². The normalized spacial score (nSPS) is 17.3. The van der Waals surface area contributed by atoms with Gasteiger partial charge >= 0.3 is 0 Å². The molecule has 8 heteroatoms. The summed E-state index contributed by atoms with van der Waals surface area (Å²) in [5.41, 5.74) is 5.40. The molecule has 1 atom stereocenters. The van der Waals surface area contributed by atoms with Gasteiger partial charge in [-0.05, 0) is 56.4 Å². The van der Waals surface area contributed by atoms with Gasteiger partial charge < -0.3 is 11.1 Å². The number of carbonyl (C=O) groups excluding carboxylic acids is 1. The lowest BCUT2D eigenvalue weighted by Crippen LogP contribution is -2.53. The van der Waals surface area contributed by atoms with Gasteiger partial charge in [-0.2, -0.15) is 0 Å². The summed E-state index contributed by atoms with van der Waals surface area (Å²) in [6.07, 6.45) is 2.78.